The van der Waals surface area contributed by atoms with Crippen LogP contribution in [0.3, 0.4) is 0 Å². The topological polar surface area (TPSA) is 380 Å². The first-order valence-electron chi connectivity index (χ1n) is 25.6. The molecule has 6 atom stereocenters. The number of ketones is 2. The molecule has 0 aliphatic rings. The third-order valence-electron chi connectivity index (χ3n) is 12.6. The number of Topliss-reactive ketones (excluding diaryl/α,β-unsaturated/α-hetero) is 2. The summed E-state index contributed by atoms with van der Waals surface area (Å²) in [5.41, 5.74) is 5.79. The Morgan fingerprint density at radius 3 is 1.91 bits per heavy atom. The van der Waals surface area contributed by atoms with E-state index in [0.29, 0.717) is 5.69 Å². The zero-order valence-electron chi connectivity index (χ0n) is 45.1. The summed E-state index contributed by atoms with van der Waals surface area (Å²) in [6.45, 7) is 6.01. The molecule has 0 radical (unpaired) electrons. The lowest BCUT2D eigenvalue weighted by Gasteiger charge is -2.41. The van der Waals surface area contributed by atoms with Crippen LogP contribution in [0.2, 0.25) is 0 Å². The molecule has 0 saturated heterocycles. The van der Waals surface area contributed by atoms with Gasteiger partial charge in [0.2, 0.25) is 41.4 Å². The molecule has 0 aliphatic carbocycles. The highest BCUT2D eigenvalue weighted by atomic mass is 19.1. The Balaban J connectivity index is 2.00. The van der Waals surface area contributed by atoms with Crippen LogP contribution in [0.1, 0.15) is 116 Å². The van der Waals surface area contributed by atoms with Crippen LogP contribution < -0.4 is 32.3 Å². The first-order valence-corrected chi connectivity index (χ1v) is 25.6. The quantitative estimate of drug-likeness (QED) is 0.0408. The van der Waals surface area contributed by atoms with E-state index < -0.39 is 189 Å². The second-order valence-electron chi connectivity index (χ2n) is 20.2. The van der Waals surface area contributed by atoms with E-state index in [4.69, 9.17) is 15.9 Å². The normalized spacial score (nSPS) is 13.4. The molecule has 3 aromatic rings. The second-order valence-corrected chi connectivity index (χ2v) is 20.2. The fourth-order valence-corrected chi connectivity index (χ4v) is 8.44. The molecule has 1 heterocycles. The molecule has 26 heteroatoms. The van der Waals surface area contributed by atoms with E-state index in [0.717, 1.165) is 23.8 Å². The van der Waals surface area contributed by atoms with E-state index >= 15 is 4.39 Å². The number of nitrogens with two attached hydrogens (primary N) is 1. The number of aromatic nitrogens is 1. The van der Waals surface area contributed by atoms with Crippen LogP contribution in [-0.4, -0.2) is 145 Å². The number of benzene rings is 2. The number of aliphatic carboxylic acids is 3. The number of carboxylic acid groups (broad SMARTS) is 3. The highest BCUT2D eigenvalue weighted by Gasteiger charge is 2.39. The number of carbonyl (C=O) groups is 12. The van der Waals surface area contributed by atoms with E-state index in [2.05, 4.69) is 26.6 Å². The Morgan fingerprint density at radius 1 is 0.688 bits per heavy atom. The highest BCUT2D eigenvalue weighted by molar-refractivity contribution is 5.97. The van der Waals surface area contributed by atoms with Crippen molar-refractivity contribution in [2.75, 3.05) is 19.7 Å². The predicted octanol–water partition coefficient (Wildman–Crippen LogP) is 1.88. The fraction of sp³-hybridized carbons (Fsp3) is 0.481. The summed E-state index contributed by atoms with van der Waals surface area (Å²) >= 11 is 0. The van der Waals surface area contributed by atoms with Crippen molar-refractivity contribution in [2.24, 2.45) is 17.1 Å². The molecular weight excluding hydrogens is 1050 g/mol. The molecule has 436 valence electrons. The van der Waals surface area contributed by atoms with Gasteiger partial charge in [-0.05, 0) is 55.0 Å². The van der Waals surface area contributed by atoms with Crippen LogP contribution in [0.15, 0.2) is 60.8 Å². The van der Waals surface area contributed by atoms with Crippen LogP contribution in [0, 0.1) is 23.0 Å². The van der Waals surface area contributed by atoms with Crippen molar-refractivity contribution in [3.05, 3.63) is 83.7 Å². The molecule has 80 heavy (non-hydrogen) atoms. The Hall–Kier alpha value is -8.42. The van der Waals surface area contributed by atoms with Crippen molar-refractivity contribution in [1.82, 2.24) is 36.1 Å². The third kappa shape index (κ3) is 21.8. The largest absolute Gasteiger partial charge is 0.481 e. The van der Waals surface area contributed by atoms with E-state index in [1.54, 1.807) is 55.8 Å². The first-order chi connectivity index (χ1) is 37.5. The number of hydrogen-bond acceptors (Lipinski definition) is 13. The van der Waals surface area contributed by atoms with Gasteiger partial charge in [0.1, 0.15) is 42.2 Å². The number of nitrogens with one attached hydrogen (secondary N) is 5. The minimum Gasteiger partial charge on any atom is -0.481 e. The van der Waals surface area contributed by atoms with Gasteiger partial charge >= 0.3 is 17.9 Å². The number of rotatable bonds is 34. The van der Waals surface area contributed by atoms with Crippen molar-refractivity contribution in [3.63, 3.8) is 0 Å². The Labute approximate surface area is 459 Å². The summed E-state index contributed by atoms with van der Waals surface area (Å²) in [7, 11) is 0. The molecule has 0 aliphatic heterocycles. The van der Waals surface area contributed by atoms with E-state index in [1.807, 2.05) is 12.1 Å². The summed E-state index contributed by atoms with van der Waals surface area (Å²) < 4.78 is 31.7. The number of carboxylic acids is 3. The zero-order valence-corrected chi connectivity index (χ0v) is 45.1. The Morgan fingerprint density at radius 2 is 1.31 bits per heavy atom. The maximum absolute atomic E-state index is 15.4. The smallest absolute Gasteiger partial charge is 0.326 e. The fourth-order valence-electron chi connectivity index (χ4n) is 8.44. The summed E-state index contributed by atoms with van der Waals surface area (Å²) in [5.74, 6) is -14.6. The van der Waals surface area contributed by atoms with Gasteiger partial charge in [0.15, 0.2) is 5.78 Å². The summed E-state index contributed by atoms with van der Waals surface area (Å²) in [6, 6.07) is 6.14. The predicted molar refractivity (Wildman–Crippen MR) is 280 cm³/mol. The molecule has 3 rings (SSSR count). The van der Waals surface area contributed by atoms with Gasteiger partial charge < -0.3 is 62.2 Å². The lowest BCUT2D eigenvalue weighted by atomic mass is 9.82. The molecule has 24 nitrogen and oxygen atoms in total. The first kappa shape index (κ1) is 65.9. The molecule has 0 bridgehead atoms. The number of aliphatic hydroxyl groups excluding tert-OH is 1. The zero-order chi connectivity index (χ0) is 60.0. The molecule has 11 N–H and O–H groups in total. The van der Waals surface area contributed by atoms with Crippen LogP contribution in [0.5, 0.6) is 0 Å². The maximum Gasteiger partial charge on any atom is 0.326 e. The molecule has 0 saturated carbocycles. The molecule has 0 fully saturated rings. The summed E-state index contributed by atoms with van der Waals surface area (Å²) in [6.07, 6.45) is -3.24. The molecule has 0 unspecified atom stereocenters. The van der Waals surface area contributed by atoms with Crippen LogP contribution in [0.4, 0.5) is 8.78 Å². The number of aliphatic hydroxyl groups is 1. The third-order valence-corrected chi connectivity index (χ3v) is 12.6. The lowest BCUT2D eigenvalue weighted by molar-refractivity contribution is -0.143. The van der Waals surface area contributed by atoms with E-state index in [1.165, 1.54) is 18.7 Å². The van der Waals surface area contributed by atoms with Gasteiger partial charge in [0, 0.05) is 87.1 Å². The van der Waals surface area contributed by atoms with Gasteiger partial charge in [-0.15, -0.1) is 0 Å². The van der Waals surface area contributed by atoms with Crippen molar-refractivity contribution < 1.29 is 86.7 Å². The molecular formula is C54H70F2N8O16. The average Bonchev–Trinajstić information content (AvgIpc) is 3.78. The minimum atomic E-state index is -1.81. The van der Waals surface area contributed by atoms with Gasteiger partial charge in [0.25, 0.3) is 0 Å². The number of carbonyl (C=O) groups excluding carboxylic acids is 9. The van der Waals surface area contributed by atoms with Crippen LogP contribution in [-0.2, 0) is 64.1 Å². The Bertz CT molecular complexity index is 2750. The van der Waals surface area contributed by atoms with Crippen molar-refractivity contribution >= 4 is 70.8 Å². The molecule has 1 aromatic heterocycles. The SMILES string of the molecule is C[C@H](NC(=O)CCC(=O)CCC(=O)O)C(=O)C[C@H](C)C(=O)N[C@@H](CC(N)=O)C(=O)N[C@@H](CCN(C(=O)CO)[C@@H](c1cc(-c2cc(F)ccc2F)cn1Cc1ccccc1)C(C)(C)C)C(=O)NCCC(=O)N[C@@H](CCC(=O)O)C(=O)O. The molecule has 0 spiro atoms. The van der Waals surface area contributed by atoms with Crippen LogP contribution in [0.25, 0.3) is 11.1 Å². The van der Waals surface area contributed by atoms with Gasteiger partial charge in [0.05, 0.1) is 24.9 Å². The van der Waals surface area contributed by atoms with E-state index in [9.17, 15) is 72.1 Å². The number of amides is 7. The molecule has 2 aromatic carbocycles. The van der Waals surface area contributed by atoms with Crippen molar-refractivity contribution in [2.45, 2.75) is 136 Å². The summed E-state index contributed by atoms with van der Waals surface area (Å²) in [5, 5.41) is 49.5. The maximum atomic E-state index is 15.4. The number of nitrogens with zero attached hydrogens (tertiary/aromatic N) is 2. The van der Waals surface area contributed by atoms with Gasteiger partial charge in [-0.2, -0.15) is 0 Å². The van der Waals surface area contributed by atoms with Crippen molar-refractivity contribution in [1.29, 1.82) is 0 Å². The number of hydrogen-bond donors (Lipinski definition) is 10. The Kier molecular flexibility index (Phi) is 25.7. The lowest BCUT2D eigenvalue weighted by Crippen LogP contribution is -2.56. The summed E-state index contributed by atoms with van der Waals surface area (Å²) in [4.78, 5) is 153. The number of primary amides is 1. The standard InChI is InChI=1S/C54H70F2N8O16/c1-30(23-42(67)31(2)59-44(69)16-12-35(66)13-17-47(72)73)50(76)62-40(26-43(57)68)52(78)61-38(51(77)58-21-19-45(70)60-39(53(79)80)15-18-48(74)75)20-22-64(46(71)29-65)49(54(3,4)5)41-24-33(36-25-34(55)11-14-37(36)56)28-63(41)27-32-9-7-6-8-10-32/h6-11,14,24-25,28,30-31,38-40,49,65H,12-13,15-23,26-27,29H2,1-5H3,(H2,57,68)(H,58,77)(H,59,69)(H,60,70)(H,61,78)(H,62,76)(H,72,73)(H,74,75)(H,79,80)/t30-,31-,38-,39-,40-,49-/m0/s1. The van der Waals surface area contributed by atoms with E-state index in [-0.39, 0.29) is 36.9 Å². The monoisotopic (exact) mass is 1120 g/mol. The van der Waals surface area contributed by atoms with Crippen molar-refractivity contribution in [3.8, 4) is 11.1 Å². The number of halogens is 2. The minimum absolute atomic E-state index is 0.103. The van der Waals surface area contributed by atoms with Crippen LogP contribution >= 0.6 is 0 Å². The highest BCUT2D eigenvalue weighted by Crippen LogP contribution is 2.41. The average molecular weight is 1130 g/mol. The van der Waals surface area contributed by atoms with Gasteiger partial charge in [-0.3, -0.25) is 52.7 Å². The second kappa shape index (κ2) is 31.2. The van der Waals surface area contributed by atoms with Gasteiger partial charge in [-0.25, -0.2) is 13.6 Å². The molecule has 7 amide bonds. The van der Waals surface area contributed by atoms with Gasteiger partial charge in [-0.1, -0.05) is 58.0 Å².